The van der Waals surface area contributed by atoms with E-state index in [0.29, 0.717) is 17.0 Å². The summed E-state index contributed by atoms with van der Waals surface area (Å²) in [5.41, 5.74) is 14.2. The standard InChI is InChI=1S/C54H34N6/c55-35-37-15-19-41(20-16-37)50-34-51(58-54(57-50)43-21-17-38(36-56)18-22-43)42-25-23-39(24-26-42)40-27-29-46(30-28-40)60-52-14-8-7-13-48(52)49-33-47(31-32-53(49)60)59(44-9-3-1-4-10-44)45-11-5-2-6-12-45/h1-34H. The van der Waals surface area contributed by atoms with Gasteiger partial charge in [0.1, 0.15) is 0 Å². The van der Waals surface area contributed by atoms with Crippen molar-refractivity contribution >= 4 is 38.9 Å². The maximum Gasteiger partial charge on any atom is 0.160 e. The van der Waals surface area contributed by atoms with E-state index in [-0.39, 0.29) is 0 Å². The summed E-state index contributed by atoms with van der Waals surface area (Å²) in [6.45, 7) is 0. The van der Waals surface area contributed by atoms with E-state index in [1.54, 1.807) is 24.3 Å². The fourth-order valence-electron chi connectivity index (χ4n) is 7.90. The van der Waals surface area contributed by atoms with Gasteiger partial charge in [-0.05, 0) is 114 Å². The molecule has 10 aromatic rings. The molecule has 0 bridgehead atoms. The molecule has 0 spiro atoms. The topological polar surface area (TPSA) is 81.5 Å². The number of hydrogen-bond donors (Lipinski definition) is 0. The Morgan fingerprint density at radius 1 is 0.383 bits per heavy atom. The molecule has 280 valence electrons. The lowest BCUT2D eigenvalue weighted by Gasteiger charge is -2.25. The predicted molar refractivity (Wildman–Crippen MR) is 242 cm³/mol. The number of hydrogen-bond acceptors (Lipinski definition) is 5. The first-order valence-corrected chi connectivity index (χ1v) is 19.7. The van der Waals surface area contributed by atoms with E-state index in [4.69, 9.17) is 9.97 Å². The maximum atomic E-state index is 9.35. The van der Waals surface area contributed by atoms with Gasteiger partial charge in [0.25, 0.3) is 0 Å². The van der Waals surface area contributed by atoms with Crippen LogP contribution in [0.3, 0.4) is 0 Å². The summed E-state index contributed by atoms with van der Waals surface area (Å²) in [5, 5.41) is 21.1. The first-order chi connectivity index (χ1) is 29.6. The van der Waals surface area contributed by atoms with Crippen molar-refractivity contribution < 1.29 is 0 Å². The van der Waals surface area contributed by atoms with E-state index >= 15 is 0 Å². The number of benzene rings is 8. The van der Waals surface area contributed by atoms with Gasteiger partial charge in [-0.1, -0.05) is 103 Å². The Morgan fingerprint density at radius 3 is 1.42 bits per heavy atom. The Balaban J connectivity index is 0.986. The Bertz CT molecular complexity index is 3120. The first kappa shape index (κ1) is 35.8. The zero-order valence-corrected chi connectivity index (χ0v) is 32.3. The van der Waals surface area contributed by atoms with Crippen molar-refractivity contribution in [3.8, 4) is 62.9 Å². The van der Waals surface area contributed by atoms with Gasteiger partial charge in [0.15, 0.2) is 5.82 Å². The number of rotatable bonds is 8. The molecule has 0 atom stereocenters. The summed E-state index contributed by atoms with van der Waals surface area (Å²) < 4.78 is 2.35. The lowest BCUT2D eigenvalue weighted by Crippen LogP contribution is -2.09. The van der Waals surface area contributed by atoms with Crippen molar-refractivity contribution in [1.29, 1.82) is 10.5 Å². The van der Waals surface area contributed by atoms with Crippen LogP contribution in [0.15, 0.2) is 206 Å². The summed E-state index contributed by atoms with van der Waals surface area (Å²) in [7, 11) is 0. The molecule has 8 aromatic carbocycles. The van der Waals surface area contributed by atoms with Crippen LogP contribution in [0.4, 0.5) is 17.1 Å². The van der Waals surface area contributed by atoms with E-state index < -0.39 is 0 Å². The minimum absolute atomic E-state index is 0.557. The van der Waals surface area contributed by atoms with E-state index in [1.165, 1.54) is 10.8 Å². The highest BCUT2D eigenvalue weighted by atomic mass is 15.1. The van der Waals surface area contributed by atoms with Crippen LogP contribution >= 0.6 is 0 Å². The summed E-state index contributed by atoms with van der Waals surface area (Å²) in [4.78, 5) is 12.2. The van der Waals surface area contributed by atoms with Gasteiger partial charge in [-0.3, -0.25) is 0 Å². The second-order valence-corrected chi connectivity index (χ2v) is 14.5. The van der Waals surface area contributed by atoms with Crippen molar-refractivity contribution in [2.45, 2.75) is 0 Å². The lowest BCUT2D eigenvalue weighted by molar-refractivity contribution is 1.18. The first-order valence-electron chi connectivity index (χ1n) is 19.7. The molecular formula is C54H34N6. The van der Waals surface area contributed by atoms with Crippen molar-refractivity contribution in [2.24, 2.45) is 0 Å². The normalized spacial score (nSPS) is 11.0. The van der Waals surface area contributed by atoms with Crippen molar-refractivity contribution in [3.05, 3.63) is 217 Å². The van der Waals surface area contributed by atoms with Crippen molar-refractivity contribution in [2.75, 3.05) is 4.90 Å². The van der Waals surface area contributed by atoms with Gasteiger partial charge >= 0.3 is 0 Å². The number of fused-ring (bicyclic) bond motifs is 3. The molecule has 0 unspecified atom stereocenters. The van der Waals surface area contributed by atoms with Crippen LogP contribution in [0.25, 0.3) is 72.5 Å². The molecule has 6 heteroatoms. The van der Waals surface area contributed by atoms with Crippen LogP contribution in [-0.4, -0.2) is 14.5 Å². The van der Waals surface area contributed by atoms with Crippen LogP contribution in [0.2, 0.25) is 0 Å². The molecule has 0 saturated heterocycles. The molecule has 0 aliphatic heterocycles. The zero-order chi connectivity index (χ0) is 40.4. The van der Waals surface area contributed by atoms with Crippen LogP contribution in [0.1, 0.15) is 11.1 Å². The number of anilines is 3. The molecule has 0 aliphatic rings. The number of para-hydroxylation sites is 3. The highest BCUT2D eigenvalue weighted by Crippen LogP contribution is 2.40. The monoisotopic (exact) mass is 766 g/mol. The van der Waals surface area contributed by atoms with Crippen LogP contribution in [0.5, 0.6) is 0 Å². The largest absolute Gasteiger partial charge is 0.310 e. The van der Waals surface area contributed by atoms with Gasteiger partial charge < -0.3 is 9.47 Å². The maximum absolute atomic E-state index is 9.35. The lowest BCUT2D eigenvalue weighted by atomic mass is 10.0. The second kappa shape index (κ2) is 15.4. The number of nitrogens with zero attached hydrogens (tertiary/aromatic N) is 6. The van der Waals surface area contributed by atoms with Gasteiger partial charge in [-0.2, -0.15) is 10.5 Å². The molecule has 0 radical (unpaired) electrons. The van der Waals surface area contributed by atoms with Gasteiger partial charge in [0.05, 0.1) is 45.7 Å². The van der Waals surface area contributed by atoms with E-state index in [2.05, 4.69) is 173 Å². The van der Waals surface area contributed by atoms with E-state index in [1.807, 2.05) is 30.3 Å². The molecule has 2 heterocycles. The fourth-order valence-corrected chi connectivity index (χ4v) is 7.90. The quantitative estimate of drug-likeness (QED) is 0.154. The highest BCUT2D eigenvalue weighted by Gasteiger charge is 2.18. The third-order valence-corrected chi connectivity index (χ3v) is 10.9. The minimum atomic E-state index is 0.557. The van der Waals surface area contributed by atoms with Gasteiger partial charge in [0, 0.05) is 50.2 Å². The van der Waals surface area contributed by atoms with E-state index in [0.717, 1.165) is 73.0 Å². The number of aromatic nitrogens is 3. The Hall–Kier alpha value is -8.58. The molecule has 0 N–H and O–H groups in total. The molecule has 0 aliphatic carbocycles. The third-order valence-electron chi connectivity index (χ3n) is 10.9. The van der Waals surface area contributed by atoms with E-state index in [9.17, 15) is 10.5 Å². The second-order valence-electron chi connectivity index (χ2n) is 14.5. The summed E-state index contributed by atoms with van der Waals surface area (Å²) in [6.07, 6.45) is 0. The average Bonchev–Trinajstić information content (AvgIpc) is 3.66. The molecule has 0 fully saturated rings. The molecule has 10 rings (SSSR count). The fraction of sp³-hybridized carbons (Fsp3) is 0. The Morgan fingerprint density at radius 2 is 0.850 bits per heavy atom. The molecule has 6 nitrogen and oxygen atoms in total. The highest BCUT2D eigenvalue weighted by molar-refractivity contribution is 6.10. The van der Waals surface area contributed by atoms with Crippen LogP contribution < -0.4 is 4.90 Å². The van der Waals surface area contributed by atoms with Gasteiger partial charge in [0.2, 0.25) is 0 Å². The third kappa shape index (κ3) is 6.71. The van der Waals surface area contributed by atoms with Gasteiger partial charge in [-0.25, -0.2) is 9.97 Å². The zero-order valence-electron chi connectivity index (χ0n) is 32.3. The molecular weight excluding hydrogens is 733 g/mol. The van der Waals surface area contributed by atoms with Crippen LogP contribution in [0, 0.1) is 22.7 Å². The molecule has 0 amide bonds. The minimum Gasteiger partial charge on any atom is -0.310 e. The SMILES string of the molecule is N#Cc1ccc(-c2cc(-c3ccc(-c4ccc(-n5c6ccccc6c6cc(N(c7ccccc7)c7ccccc7)ccc65)cc4)cc3)nc(-c3ccc(C#N)cc3)n2)cc1. The predicted octanol–water partition coefficient (Wildman–Crippen LogP) is 13.5. The van der Waals surface area contributed by atoms with Gasteiger partial charge in [-0.15, -0.1) is 0 Å². The average molecular weight is 767 g/mol. The summed E-state index contributed by atoms with van der Waals surface area (Å²) in [6, 6.07) is 74.6. The van der Waals surface area contributed by atoms with Crippen molar-refractivity contribution in [3.63, 3.8) is 0 Å². The summed E-state index contributed by atoms with van der Waals surface area (Å²) in [5.74, 6) is 0.557. The van der Waals surface area contributed by atoms with Crippen molar-refractivity contribution in [1.82, 2.24) is 14.5 Å². The Labute approximate surface area is 347 Å². The summed E-state index contributed by atoms with van der Waals surface area (Å²) >= 11 is 0. The van der Waals surface area contributed by atoms with Crippen LogP contribution in [-0.2, 0) is 0 Å². The Kier molecular flexibility index (Phi) is 9.19. The molecule has 0 saturated carbocycles. The molecule has 60 heavy (non-hydrogen) atoms. The molecule has 2 aromatic heterocycles. The number of nitriles is 2. The smallest absolute Gasteiger partial charge is 0.160 e.